The lowest BCUT2D eigenvalue weighted by molar-refractivity contribution is 0.0792. The monoisotopic (exact) mass is 353 g/mol. The molecule has 1 aromatic carbocycles. The standard InChI is InChI=1S/C20H27N5O/c1-3-4-10-23(2)19(26)17-15-21-20(22-16-17)25-13-11-24(12-14-25)18-8-6-5-7-9-18/h5-9,15-16H,3-4,10-14H2,1-2H3. The van der Waals surface area contributed by atoms with Crippen LogP contribution in [0.15, 0.2) is 42.7 Å². The Labute approximate surface area is 155 Å². The fourth-order valence-corrected chi connectivity index (χ4v) is 3.12. The van der Waals surface area contributed by atoms with Gasteiger partial charge in [0, 0.05) is 57.9 Å². The van der Waals surface area contributed by atoms with Crippen LogP contribution >= 0.6 is 0 Å². The molecular formula is C20H27N5O. The molecule has 6 heteroatoms. The van der Waals surface area contributed by atoms with Crippen LogP contribution in [0.5, 0.6) is 0 Å². The molecule has 0 unspecified atom stereocenters. The minimum absolute atomic E-state index is 0.0149. The van der Waals surface area contributed by atoms with Gasteiger partial charge in [-0.05, 0) is 18.6 Å². The first kappa shape index (κ1) is 18.2. The van der Waals surface area contributed by atoms with Gasteiger partial charge in [0.15, 0.2) is 0 Å². The van der Waals surface area contributed by atoms with Crippen molar-refractivity contribution in [2.24, 2.45) is 0 Å². The van der Waals surface area contributed by atoms with Gasteiger partial charge in [-0.25, -0.2) is 9.97 Å². The van der Waals surface area contributed by atoms with E-state index in [9.17, 15) is 4.79 Å². The van der Waals surface area contributed by atoms with E-state index in [-0.39, 0.29) is 5.91 Å². The number of hydrogen-bond acceptors (Lipinski definition) is 5. The Hall–Kier alpha value is -2.63. The van der Waals surface area contributed by atoms with E-state index >= 15 is 0 Å². The molecule has 1 aliphatic heterocycles. The van der Waals surface area contributed by atoms with Gasteiger partial charge in [0.1, 0.15) is 0 Å². The second-order valence-corrected chi connectivity index (χ2v) is 6.66. The number of carbonyl (C=O) groups is 1. The Morgan fingerprint density at radius 2 is 1.65 bits per heavy atom. The van der Waals surface area contributed by atoms with Crippen LogP contribution < -0.4 is 9.80 Å². The first-order valence-corrected chi connectivity index (χ1v) is 9.31. The normalized spacial score (nSPS) is 14.4. The highest BCUT2D eigenvalue weighted by molar-refractivity contribution is 5.93. The number of para-hydroxylation sites is 1. The Morgan fingerprint density at radius 1 is 1.04 bits per heavy atom. The molecule has 3 rings (SSSR count). The third-order valence-corrected chi connectivity index (χ3v) is 4.76. The van der Waals surface area contributed by atoms with Crippen molar-refractivity contribution in [2.45, 2.75) is 19.8 Å². The molecule has 0 atom stereocenters. The maximum Gasteiger partial charge on any atom is 0.256 e. The highest BCUT2D eigenvalue weighted by Crippen LogP contribution is 2.18. The van der Waals surface area contributed by atoms with E-state index in [2.05, 4.69) is 51.0 Å². The van der Waals surface area contributed by atoms with Crippen LogP contribution in [-0.2, 0) is 0 Å². The lowest BCUT2D eigenvalue weighted by Gasteiger charge is -2.36. The number of nitrogens with zero attached hydrogens (tertiary/aromatic N) is 5. The van der Waals surface area contributed by atoms with Crippen LogP contribution in [0.2, 0.25) is 0 Å². The molecule has 138 valence electrons. The summed E-state index contributed by atoms with van der Waals surface area (Å²) in [5, 5.41) is 0. The number of carbonyl (C=O) groups excluding carboxylic acids is 1. The first-order chi connectivity index (χ1) is 12.7. The van der Waals surface area contributed by atoms with E-state index in [1.165, 1.54) is 5.69 Å². The molecule has 1 fully saturated rings. The number of benzene rings is 1. The van der Waals surface area contributed by atoms with E-state index in [1.54, 1.807) is 17.3 Å². The summed E-state index contributed by atoms with van der Waals surface area (Å²) in [7, 11) is 1.83. The number of aromatic nitrogens is 2. The van der Waals surface area contributed by atoms with E-state index < -0.39 is 0 Å². The van der Waals surface area contributed by atoms with Crippen molar-refractivity contribution in [3.63, 3.8) is 0 Å². The fourth-order valence-electron chi connectivity index (χ4n) is 3.12. The van der Waals surface area contributed by atoms with E-state index in [0.29, 0.717) is 11.5 Å². The Kier molecular flexibility index (Phi) is 6.04. The summed E-state index contributed by atoms with van der Waals surface area (Å²) in [6, 6.07) is 10.5. The largest absolute Gasteiger partial charge is 0.368 e. The van der Waals surface area contributed by atoms with Gasteiger partial charge in [0.2, 0.25) is 5.95 Å². The molecule has 2 heterocycles. The minimum atomic E-state index is -0.0149. The molecule has 1 aliphatic rings. The predicted octanol–water partition coefficient (Wildman–Crippen LogP) is 2.68. The molecule has 0 bridgehead atoms. The molecule has 0 saturated carbocycles. The molecule has 6 nitrogen and oxygen atoms in total. The summed E-state index contributed by atoms with van der Waals surface area (Å²) < 4.78 is 0. The van der Waals surface area contributed by atoms with Crippen LogP contribution in [0.3, 0.4) is 0 Å². The van der Waals surface area contributed by atoms with Gasteiger partial charge in [0.05, 0.1) is 5.56 Å². The summed E-state index contributed by atoms with van der Waals surface area (Å²) >= 11 is 0. The van der Waals surface area contributed by atoms with Gasteiger partial charge in [-0.3, -0.25) is 4.79 Å². The molecule has 26 heavy (non-hydrogen) atoms. The quantitative estimate of drug-likeness (QED) is 0.799. The summed E-state index contributed by atoms with van der Waals surface area (Å²) in [5.41, 5.74) is 1.81. The summed E-state index contributed by atoms with van der Waals surface area (Å²) in [6.45, 7) is 6.51. The summed E-state index contributed by atoms with van der Waals surface area (Å²) in [5.74, 6) is 0.685. The molecular weight excluding hydrogens is 326 g/mol. The van der Waals surface area contributed by atoms with Crippen molar-refractivity contribution in [3.05, 3.63) is 48.3 Å². The second-order valence-electron chi connectivity index (χ2n) is 6.66. The van der Waals surface area contributed by atoms with Crippen LogP contribution in [0.25, 0.3) is 0 Å². The van der Waals surface area contributed by atoms with Gasteiger partial charge in [0.25, 0.3) is 5.91 Å². The molecule has 0 spiro atoms. The maximum atomic E-state index is 12.4. The van der Waals surface area contributed by atoms with Crippen molar-refractivity contribution in [1.82, 2.24) is 14.9 Å². The summed E-state index contributed by atoms with van der Waals surface area (Å²) in [6.07, 6.45) is 5.38. The number of hydrogen-bond donors (Lipinski definition) is 0. The molecule has 0 N–H and O–H groups in total. The molecule has 2 aromatic rings. The third-order valence-electron chi connectivity index (χ3n) is 4.76. The van der Waals surface area contributed by atoms with Crippen molar-refractivity contribution >= 4 is 17.5 Å². The minimum Gasteiger partial charge on any atom is -0.368 e. The van der Waals surface area contributed by atoms with Gasteiger partial charge < -0.3 is 14.7 Å². The zero-order valence-corrected chi connectivity index (χ0v) is 15.6. The number of piperazine rings is 1. The van der Waals surface area contributed by atoms with Crippen LogP contribution in [0.4, 0.5) is 11.6 Å². The van der Waals surface area contributed by atoms with Crippen LogP contribution in [0.1, 0.15) is 30.1 Å². The zero-order chi connectivity index (χ0) is 18.4. The maximum absolute atomic E-state index is 12.4. The molecule has 1 aromatic heterocycles. The summed E-state index contributed by atoms with van der Waals surface area (Å²) in [4.78, 5) is 27.5. The van der Waals surface area contributed by atoms with Crippen LogP contribution in [-0.4, -0.2) is 60.5 Å². The highest BCUT2D eigenvalue weighted by Gasteiger charge is 2.20. The predicted molar refractivity (Wildman–Crippen MR) is 105 cm³/mol. The van der Waals surface area contributed by atoms with Crippen molar-refractivity contribution in [2.75, 3.05) is 49.6 Å². The average Bonchev–Trinajstić information content (AvgIpc) is 2.72. The van der Waals surface area contributed by atoms with E-state index in [0.717, 1.165) is 45.6 Å². The number of amides is 1. The van der Waals surface area contributed by atoms with Crippen molar-refractivity contribution < 1.29 is 4.79 Å². The number of unbranched alkanes of at least 4 members (excludes halogenated alkanes) is 1. The average molecular weight is 353 g/mol. The topological polar surface area (TPSA) is 52.6 Å². The lowest BCUT2D eigenvalue weighted by atomic mass is 10.2. The van der Waals surface area contributed by atoms with Crippen molar-refractivity contribution in [3.8, 4) is 0 Å². The zero-order valence-electron chi connectivity index (χ0n) is 15.6. The molecule has 0 radical (unpaired) electrons. The Bertz CT molecular complexity index is 696. The van der Waals surface area contributed by atoms with E-state index in [1.807, 2.05) is 13.1 Å². The number of anilines is 2. The van der Waals surface area contributed by atoms with Crippen LogP contribution in [0, 0.1) is 0 Å². The SMILES string of the molecule is CCCCN(C)C(=O)c1cnc(N2CCN(c3ccccc3)CC2)nc1. The second kappa shape index (κ2) is 8.65. The molecule has 0 aliphatic carbocycles. The number of rotatable bonds is 6. The lowest BCUT2D eigenvalue weighted by Crippen LogP contribution is -2.47. The van der Waals surface area contributed by atoms with Gasteiger partial charge in [-0.1, -0.05) is 31.5 Å². The third kappa shape index (κ3) is 4.31. The molecule has 1 saturated heterocycles. The first-order valence-electron chi connectivity index (χ1n) is 9.31. The Balaban J connectivity index is 1.57. The Morgan fingerprint density at radius 3 is 2.27 bits per heavy atom. The van der Waals surface area contributed by atoms with E-state index in [4.69, 9.17) is 0 Å². The smallest absolute Gasteiger partial charge is 0.256 e. The fraction of sp³-hybridized carbons (Fsp3) is 0.450. The van der Waals surface area contributed by atoms with Gasteiger partial charge in [-0.15, -0.1) is 0 Å². The van der Waals surface area contributed by atoms with Gasteiger partial charge in [-0.2, -0.15) is 0 Å². The van der Waals surface area contributed by atoms with Gasteiger partial charge >= 0.3 is 0 Å². The molecule has 1 amide bonds. The highest BCUT2D eigenvalue weighted by atomic mass is 16.2. The van der Waals surface area contributed by atoms with Crippen molar-refractivity contribution in [1.29, 1.82) is 0 Å².